The molecule has 1 heterocycles. The van der Waals surface area contributed by atoms with Crippen LogP contribution in [0.25, 0.3) is 0 Å². The van der Waals surface area contributed by atoms with Crippen molar-refractivity contribution in [2.24, 2.45) is 5.92 Å². The molecule has 0 aliphatic carbocycles. The average molecular weight is 285 g/mol. The number of carbonyl (C=O) groups excluding carboxylic acids is 1. The lowest BCUT2D eigenvalue weighted by Gasteiger charge is -2.18. The maximum absolute atomic E-state index is 11.8. The van der Waals surface area contributed by atoms with Gasteiger partial charge in [0.1, 0.15) is 0 Å². The number of benzene rings is 1. The second kappa shape index (κ2) is 4.43. The minimum absolute atomic E-state index is 0.0175. The number of carbonyl (C=O) groups is 1. The van der Waals surface area contributed by atoms with Crippen LogP contribution in [-0.2, 0) is 4.79 Å². The van der Waals surface area contributed by atoms with Crippen LogP contribution in [-0.4, -0.2) is 24.2 Å². The second-order valence-corrected chi connectivity index (χ2v) is 4.88. The molecule has 1 amide bonds. The van der Waals surface area contributed by atoms with Crippen LogP contribution in [0.5, 0.6) is 0 Å². The van der Waals surface area contributed by atoms with E-state index in [0.717, 1.165) is 10.2 Å². The van der Waals surface area contributed by atoms with Gasteiger partial charge in [-0.1, -0.05) is 15.9 Å². The maximum Gasteiger partial charge on any atom is 0.227 e. The van der Waals surface area contributed by atoms with Crippen molar-refractivity contribution in [3.05, 3.63) is 22.7 Å². The van der Waals surface area contributed by atoms with Crippen LogP contribution >= 0.6 is 15.9 Å². The van der Waals surface area contributed by atoms with Gasteiger partial charge in [-0.05, 0) is 18.2 Å². The van der Waals surface area contributed by atoms with E-state index < -0.39 is 0 Å². The fourth-order valence-corrected chi connectivity index (χ4v) is 2.24. The van der Waals surface area contributed by atoms with E-state index in [1.54, 1.807) is 11.0 Å². The molecule has 3 N–H and O–H groups in total. The van der Waals surface area contributed by atoms with Gasteiger partial charge in [0.15, 0.2) is 0 Å². The lowest BCUT2D eigenvalue weighted by Crippen LogP contribution is -2.25. The zero-order valence-electron chi connectivity index (χ0n) is 8.69. The lowest BCUT2D eigenvalue weighted by atomic mass is 10.1. The van der Waals surface area contributed by atoms with Gasteiger partial charge in [-0.15, -0.1) is 0 Å². The van der Waals surface area contributed by atoms with E-state index in [1.165, 1.54) is 0 Å². The Kier molecular flexibility index (Phi) is 3.16. The maximum atomic E-state index is 11.8. The van der Waals surface area contributed by atoms with Gasteiger partial charge >= 0.3 is 0 Å². The van der Waals surface area contributed by atoms with E-state index in [4.69, 9.17) is 10.8 Å². The molecule has 0 radical (unpaired) electrons. The molecule has 1 atom stereocenters. The largest absolute Gasteiger partial charge is 0.397 e. The number of anilines is 2. The Balaban J connectivity index is 2.30. The third-order valence-corrected chi connectivity index (χ3v) is 3.24. The molecule has 1 aromatic rings. The Labute approximate surface area is 102 Å². The summed E-state index contributed by atoms with van der Waals surface area (Å²) in [5.41, 5.74) is 7.14. The minimum Gasteiger partial charge on any atom is -0.397 e. The molecule has 0 spiro atoms. The zero-order valence-corrected chi connectivity index (χ0v) is 10.3. The summed E-state index contributed by atoms with van der Waals surface area (Å²) in [5.74, 6) is 0.0368. The molecule has 0 aromatic heterocycles. The molecule has 16 heavy (non-hydrogen) atoms. The molecule has 1 aliphatic heterocycles. The van der Waals surface area contributed by atoms with E-state index in [-0.39, 0.29) is 18.4 Å². The van der Waals surface area contributed by atoms with Crippen molar-refractivity contribution in [1.29, 1.82) is 0 Å². The standard InChI is InChI=1S/C11H13BrN2O2/c12-8-1-2-9(13)10(4-8)14-5-7(6-15)3-11(14)16/h1-2,4,7,15H,3,5-6,13H2. The predicted octanol–water partition coefficient (Wildman–Crippen LogP) is 1.38. The smallest absolute Gasteiger partial charge is 0.227 e. The van der Waals surface area contributed by atoms with Crippen LogP contribution in [0, 0.1) is 5.92 Å². The van der Waals surface area contributed by atoms with Crippen LogP contribution in [0.1, 0.15) is 6.42 Å². The topological polar surface area (TPSA) is 66.6 Å². The monoisotopic (exact) mass is 284 g/mol. The highest BCUT2D eigenvalue weighted by Gasteiger charge is 2.31. The number of hydrogen-bond donors (Lipinski definition) is 2. The number of nitrogen functional groups attached to an aromatic ring is 1. The van der Waals surface area contributed by atoms with Crippen LogP contribution in [0.2, 0.25) is 0 Å². The average Bonchev–Trinajstić information content (AvgIpc) is 2.63. The number of aliphatic hydroxyl groups is 1. The van der Waals surface area contributed by atoms with E-state index in [2.05, 4.69) is 15.9 Å². The first-order chi connectivity index (χ1) is 7.61. The Morgan fingerprint density at radius 2 is 2.31 bits per heavy atom. The van der Waals surface area contributed by atoms with Gasteiger partial charge in [-0.3, -0.25) is 4.79 Å². The number of hydrogen-bond acceptors (Lipinski definition) is 3. The number of aliphatic hydroxyl groups excluding tert-OH is 1. The van der Waals surface area contributed by atoms with Gasteiger partial charge in [0, 0.05) is 30.0 Å². The van der Waals surface area contributed by atoms with E-state index in [9.17, 15) is 4.79 Å². The zero-order chi connectivity index (χ0) is 11.7. The quantitative estimate of drug-likeness (QED) is 0.807. The fourth-order valence-electron chi connectivity index (χ4n) is 1.89. The summed E-state index contributed by atoms with van der Waals surface area (Å²) in [4.78, 5) is 13.4. The van der Waals surface area contributed by atoms with Crippen molar-refractivity contribution < 1.29 is 9.90 Å². The van der Waals surface area contributed by atoms with Gasteiger partial charge in [-0.25, -0.2) is 0 Å². The molecule has 1 aromatic carbocycles. The van der Waals surface area contributed by atoms with E-state index >= 15 is 0 Å². The van der Waals surface area contributed by atoms with Crippen LogP contribution < -0.4 is 10.6 Å². The molecule has 0 saturated carbocycles. The van der Waals surface area contributed by atoms with Crippen LogP contribution in [0.3, 0.4) is 0 Å². The van der Waals surface area contributed by atoms with Crippen molar-refractivity contribution in [3.8, 4) is 0 Å². The van der Waals surface area contributed by atoms with Crippen molar-refractivity contribution in [2.45, 2.75) is 6.42 Å². The highest BCUT2D eigenvalue weighted by molar-refractivity contribution is 9.10. The van der Waals surface area contributed by atoms with Gasteiger partial charge in [0.2, 0.25) is 5.91 Å². The van der Waals surface area contributed by atoms with E-state index in [1.807, 2.05) is 12.1 Å². The molecule has 1 aliphatic rings. The van der Waals surface area contributed by atoms with Gasteiger partial charge < -0.3 is 15.7 Å². The number of nitrogens with two attached hydrogens (primary N) is 1. The Morgan fingerprint density at radius 3 is 2.94 bits per heavy atom. The SMILES string of the molecule is Nc1ccc(Br)cc1N1CC(CO)CC1=O. The molecule has 1 saturated heterocycles. The molecule has 1 fully saturated rings. The third kappa shape index (κ3) is 2.05. The van der Waals surface area contributed by atoms with Crippen LogP contribution in [0.15, 0.2) is 22.7 Å². The van der Waals surface area contributed by atoms with Gasteiger partial charge in [0.25, 0.3) is 0 Å². The first kappa shape index (κ1) is 11.4. The molecular formula is C11H13BrN2O2. The molecule has 2 rings (SSSR count). The van der Waals surface area contributed by atoms with Gasteiger partial charge in [0.05, 0.1) is 11.4 Å². The summed E-state index contributed by atoms with van der Waals surface area (Å²) in [7, 11) is 0. The summed E-state index contributed by atoms with van der Waals surface area (Å²) >= 11 is 3.35. The van der Waals surface area contributed by atoms with Crippen molar-refractivity contribution in [2.75, 3.05) is 23.8 Å². The summed E-state index contributed by atoms with van der Waals surface area (Å²) in [6.45, 7) is 0.576. The van der Waals surface area contributed by atoms with Crippen molar-refractivity contribution >= 4 is 33.2 Å². The van der Waals surface area contributed by atoms with Crippen molar-refractivity contribution in [1.82, 2.24) is 0 Å². The molecular weight excluding hydrogens is 272 g/mol. The minimum atomic E-state index is 0.0175. The number of rotatable bonds is 2. The first-order valence-corrected chi connectivity index (χ1v) is 5.87. The number of nitrogens with zero attached hydrogens (tertiary/aromatic N) is 1. The molecule has 0 bridgehead atoms. The highest BCUT2D eigenvalue weighted by Crippen LogP contribution is 2.31. The third-order valence-electron chi connectivity index (χ3n) is 2.75. The Morgan fingerprint density at radius 1 is 1.56 bits per heavy atom. The Hall–Kier alpha value is -1.07. The number of halogens is 1. The summed E-state index contributed by atoms with van der Waals surface area (Å²) in [5, 5.41) is 9.05. The summed E-state index contributed by atoms with van der Waals surface area (Å²) in [6, 6.07) is 5.43. The Bertz CT molecular complexity index is 422. The fraction of sp³-hybridized carbons (Fsp3) is 0.364. The molecule has 1 unspecified atom stereocenters. The van der Waals surface area contributed by atoms with E-state index in [0.29, 0.717) is 18.7 Å². The molecule has 5 heteroatoms. The molecule has 4 nitrogen and oxygen atoms in total. The number of amides is 1. The molecule has 86 valence electrons. The normalized spacial score (nSPS) is 20.5. The predicted molar refractivity (Wildman–Crippen MR) is 66.1 cm³/mol. The highest BCUT2D eigenvalue weighted by atomic mass is 79.9. The lowest BCUT2D eigenvalue weighted by molar-refractivity contribution is -0.117. The summed E-state index contributed by atoms with van der Waals surface area (Å²) in [6.07, 6.45) is 0.391. The summed E-state index contributed by atoms with van der Waals surface area (Å²) < 4.78 is 0.886. The van der Waals surface area contributed by atoms with Crippen LogP contribution in [0.4, 0.5) is 11.4 Å². The van der Waals surface area contributed by atoms with Crippen molar-refractivity contribution in [3.63, 3.8) is 0 Å². The second-order valence-electron chi connectivity index (χ2n) is 3.96. The van der Waals surface area contributed by atoms with Gasteiger partial charge in [-0.2, -0.15) is 0 Å². The first-order valence-electron chi connectivity index (χ1n) is 5.08.